The summed E-state index contributed by atoms with van der Waals surface area (Å²) in [6.45, 7) is 7.40. The zero-order valence-electron chi connectivity index (χ0n) is 8.50. The van der Waals surface area contributed by atoms with E-state index in [0.717, 1.165) is 0 Å². The van der Waals surface area contributed by atoms with Crippen LogP contribution in [0.3, 0.4) is 0 Å². The first-order valence-electron chi connectivity index (χ1n) is 4.60. The Hall–Kier alpha value is -0.770. The molecule has 1 aliphatic rings. The zero-order valence-corrected chi connectivity index (χ0v) is 8.50. The summed E-state index contributed by atoms with van der Waals surface area (Å²) in [6.07, 6.45) is 0. The fourth-order valence-electron chi connectivity index (χ4n) is 1.25. The third-order valence-corrected chi connectivity index (χ3v) is 1.98. The van der Waals surface area contributed by atoms with Crippen molar-refractivity contribution in [1.29, 1.82) is 0 Å². The minimum Gasteiger partial charge on any atom is -0.396 e. The summed E-state index contributed by atoms with van der Waals surface area (Å²) >= 11 is 0. The molecular weight excluding hydrogens is 168 g/mol. The fraction of sp³-hybridized carbons (Fsp3) is 0.889. The van der Waals surface area contributed by atoms with Gasteiger partial charge in [0.05, 0.1) is 0 Å². The summed E-state index contributed by atoms with van der Waals surface area (Å²) < 4.78 is 0. The van der Waals surface area contributed by atoms with E-state index in [1.807, 2.05) is 20.8 Å². The van der Waals surface area contributed by atoms with Crippen molar-refractivity contribution >= 4 is 6.03 Å². The van der Waals surface area contributed by atoms with Gasteiger partial charge in [0.2, 0.25) is 0 Å². The molecule has 1 aliphatic heterocycles. The number of carbonyl (C=O) groups is 1. The van der Waals surface area contributed by atoms with Gasteiger partial charge in [0.25, 0.3) is 0 Å². The van der Waals surface area contributed by atoms with E-state index in [9.17, 15) is 4.79 Å². The van der Waals surface area contributed by atoms with Gasteiger partial charge in [-0.1, -0.05) is 0 Å². The SMILES string of the molecule is CC(C)(C)NC(=O)N1CC(CO)C1. The summed E-state index contributed by atoms with van der Waals surface area (Å²) in [7, 11) is 0. The molecule has 1 saturated heterocycles. The van der Waals surface area contributed by atoms with Crippen molar-refractivity contribution in [2.24, 2.45) is 5.92 Å². The molecular formula is C9H18N2O2. The van der Waals surface area contributed by atoms with Crippen LogP contribution in [0.15, 0.2) is 0 Å². The fourth-order valence-corrected chi connectivity index (χ4v) is 1.25. The minimum atomic E-state index is -0.179. The van der Waals surface area contributed by atoms with E-state index >= 15 is 0 Å². The number of nitrogens with zero attached hydrogens (tertiary/aromatic N) is 1. The lowest BCUT2D eigenvalue weighted by Crippen LogP contribution is -2.57. The predicted molar refractivity (Wildman–Crippen MR) is 50.4 cm³/mol. The van der Waals surface area contributed by atoms with Gasteiger partial charge >= 0.3 is 6.03 Å². The summed E-state index contributed by atoms with van der Waals surface area (Å²) in [5.74, 6) is 0.283. The monoisotopic (exact) mass is 186 g/mol. The maximum Gasteiger partial charge on any atom is 0.317 e. The van der Waals surface area contributed by atoms with Crippen LogP contribution in [-0.2, 0) is 0 Å². The van der Waals surface area contributed by atoms with Gasteiger partial charge in [-0.2, -0.15) is 0 Å². The molecule has 4 nitrogen and oxygen atoms in total. The van der Waals surface area contributed by atoms with Crippen LogP contribution in [0.2, 0.25) is 0 Å². The average molecular weight is 186 g/mol. The molecule has 0 aliphatic carbocycles. The van der Waals surface area contributed by atoms with E-state index in [-0.39, 0.29) is 24.1 Å². The number of hydrogen-bond donors (Lipinski definition) is 2. The standard InChI is InChI=1S/C9H18N2O2/c1-9(2,3)10-8(13)11-4-7(5-11)6-12/h7,12H,4-6H2,1-3H3,(H,10,13). The van der Waals surface area contributed by atoms with Gasteiger partial charge in [-0.25, -0.2) is 4.79 Å². The Morgan fingerprint density at radius 2 is 2.08 bits per heavy atom. The third kappa shape index (κ3) is 2.88. The number of aliphatic hydroxyl groups is 1. The molecule has 13 heavy (non-hydrogen) atoms. The Morgan fingerprint density at radius 3 is 2.46 bits per heavy atom. The van der Waals surface area contributed by atoms with Gasteiger partial charge in [0.1, 0.15) is 0 Å². The highest BCUT2D eigenvalue weighted by atomic mass is 16.3. The molecule has 0 radical (unpaired) electrons. The van der Waals surface area contributed by atoms with E-state index < -0.39 is 0 Å². The molecule has 0 spiro atoms. The quantitative estimate of drug-likeness (QED) is 0.623. The lowest BCUT2D eigenvalue weighted by atomic mass is 10.0. The Balaban J connectivity index is 2.27. The second-order valence-electron chi connectivity index (χ2n) is 4.63. The average Bonchev–Trinajstić information content (AvgIpc) is 1.79. The van der Waals surface area contributed by atoms with Crippen LogP contribution < -0.4 is 5.32 Å². The molecule has 1 fully saturated rings. The van der Waals surface area contributed by atoms with Gasteiger partial charge < -0.3 is 15.3 Å². The topological polar surface area (TPSA) is 52.6 Å². The van der Waals surface area contributed by atoms with E-state index in [4.69, 9.17) is 5.11 Å². The van der Waals surface area contributed by atoms with Crippen LogP contribution in [0, 0.1) is 5.92 Å². The smallest absolute Gasteiger partial charge is 0.317 e. The van der Waals surface area contributed by atoms with Crippen molar-refractivity contribution in [3.63, 3.8) is 0 Å². The highest BCUT2D eigenvalue weighted by Gasteiger charge is 2.31. The summed E-state index contributed by atoms with van der Waals surface area (Å²) in [6, 6.07) is -0.0304. The molecule has 2 N–H and O–H groups in total. The number of nitrogens with one attached hydrogen (secondary N) is 1. The molecule has 4 heteroatoms. The van der Waals surface area contributed by atoms with Crippen molar-refractivity contribution in [2.45, 2.75) is 26.3 Å². The molecule has 0 atom stereocenters. The first-order valence-corrected chi connectivity index (χ1v) is 4.60. The molecule has 0 unspecified atom stereocenters. The number of hydrogen-bond acceptors (Lipinski definition) is 2. The molecule has 0 saturated carbocycles. The Labute approximate surface area is 78.9 Å². The van der Waals surface area contributed by atoms with Gasteiger partial charge in [-0.15, -0.1) is 0 Å². The second kappa shape index (κ2) is 3.54. The van der Waals surface area contributed by atoms with Crippen molar-refractivity contribution < 1.29 is 9.90 Å². The van der Waals surface area contributed by atoms with Gasteiger partial charge in [0.15, 0.2) is 0 Å². The number of likely N-dealkylation sites (tertiary alicyclic amines) is 1. The Morgan fingerprint density at radius 1 is 1.54 bits per heavy atom. The normalized spacial score (nSPS) is 18.3. The van der Waals surface area contributed by atoms with Gasteiger partial charge in [0, 0.05) is 31.2 Å². The molecule has 2 amide bonds. The third-order valence-electron chi connectivity index (χ3n) is 1.98. The molecule has 0 aromatic rings. The maximum atomic E-state index is 11.4. The van der Waals surface area contributed by atoms with Crippen LogP contribution in [0.25, 0.3) is 0 Å². The van der Waals surface area contributed by atoms with Gasteiger partial charge in [-0.3, -0.25) is 0 Å². The van der Waals surface area contributed by atoms with Crippen LogP contribution in [0.5, 0.6) is 0 Å². The summed E-state index contributed by atoms with van der Waals surface area (Å²) in [5.41, 5.74) is -0.179. The van der Waals surface area contributed by atoms with Gasteiger partial charge in [-0.05, 0) is 20.8 Å². The lowest BCUT2D eigenvalue weighted by Gasteiger charge is -2.39. The second-order valence-corrected chi connectivity index (χ2v) is 4.63. The first kappa shape index (κ1) is 10.3. The molecule has 0 aromatic carbocycles. The number of rotatable bonds is 1. The van der Waals surface area contributed by atoms with E-state index in [2.05, 4.69) is 5.32 Å². The lowest BCUT2D eigenvalue weighted by molar-refractivity contribution is 0.0747. The number of amides is 2. The number of urea groups is 1. The number of aliphatic hydroxyl groups excluding tert-OH is 1. The van der Waals surface area contributed by atoms with E-state index in [0.29, 0.717) is 13.1 Å². The highest BCUT2D eigenvalue weighted by molar-refractivity contribution is 5.75. The van der Waals surface area contributed by atoms with Crippen LogP contribution in [0.4, 0.5) is 4.79 Å². The highest BCUT2D eigenvalue weighted by Crippen LogP contribution is 2.15. The maximum absolute atomic E-state index is 11.4. The predicted octanol–water partition coefficient (Wildman–Crippen LogP) is 0.419. The Kier molecular flexibility index (Phi) is 2.81. The van der Waals surface area contributed by atoms with Crippen molar-refractivity contribution in [3.8, 4) is 0 Å². The van der Waals surface area contributed by atoms with E-state index in [1.54, 1.807) is 4.90 Å². The summed E-state index contributed by atoms with van der Waals surface area (Å²) in [4.78, 5) is 13.2. The molecule has 76 valence electrons. The first-order chi connectivity index (χ1) is 5.92. The Bertz CT molecular complexity index is 192. The number of carbonyl (C=O) groups excluding carboxylic acids is 1. The van der Waals surface area contributed by atoms with Crippen LogP contribution in [0.1, 0.15) is 20.8 Å². The van der Waals surface area contributed by atoms with Crippen molar-refractivity contribution in [1.82, 2.24) is 10.2 Å². The molecule has 1 heterocycles. The molecule has 0 bridgehead atoms. The minimum absolute atomic E-state index is 0.0304. The molecule has 1 rings (SSSR count). The van der Waals surface area contributed by atoms with Crippen LogP contribution >= 0.6 is 0 Å². The van der Waals surface area contributed by atoms with Crippen LogP contribution in [-0.4, -0.2) is 41.3 Å². The van der Waals surface area contributed by atoms with Crippen molar-refractivity contribution in [3.05, 3.63) is 0 Å². The van der Waals surface area contributed by atoms with E-state index in [1.165, 1.54) is 0 Å². The molecule has 0 aromatic heterocycles. The largest absolute Gasteiger partial charge is 0.396 e. The zero-order chi connectivity index (χ0) is 10.1. The van der Waals surface area contributed by atoms with Crippen molar-refractivity contribution in [2.75, 3.05) is 19.7 Å². The summed E-state index contributed by atoms with van der Waals surface area (Å²) in [5, 5.41) is 11.6.